The molecule has 0 unspecified atom stereocenters. The van der Waals surface area contributed by atoms with Gasteiger partial charge in [-0.2, -0.15) is 0 Å². The molecular weight excluding hydrogens is 138 g/mol. The molecule has 0 aliphatic rings. The van der Waals surface area contributed by atoms with Gasteiger partial charge < -0.3 is 5.32 Å². The van der Waals surface area contributed by atoms with Crippen molar-refractivity contribution in [2.24, 2.45) is 4.99 Å². The van der Waals surface area contributed by atoms with Crippen molar-refractivity contribution < 1.29 is 0 Å². The Morgan fingerprint density at radius 3 is 2.91 bits per heavy atom. The van der Waals surface area contributed by atoms with Gasteiger partial charge >= 0.3 is 0 Å². The van der Waals surface area contributed by atoms with E-state index in [0.29, 0.717) is 0 Å². The van der Waals surface area contributed by atoms with Gasteiger partial charge in [-0.15, -0.1) is 0 Å². The van der Waals surface area contributed by atoms with Crippen LogP contribution in [-0.4, -0.2) is 18.4 Å². The number of aromatic nitrogens is 1. The largest absolute Gasteiger partial charge is 0.331 e. The third-order valence-corrected chi connectivity index (χ3v) is 1.25. The van der Waals surface area contributed by atoms with Gasteiger partial charge in [-0.3, -0.25) is 4.99 Å². The van der Waals surface area contributed by atoms with E-state index in [2.05, 4.69) is 15.3 Å². The lowest BCUT2D eigenvalue weighted by molar-refractivity contribution is 1.27. The zero-order valence-electron chi connectivity index (χ0n) is 6.70. The Morgan fingerprint density at radius 2 is 2.36 bits per heavy atom. The van der Waals surface area contributed by atoms with Gasteiger partial charge in [0.05, 0.1) is 6.34 Å². The molecule has 0 fully saturated rings. The summed E-state index contributed by atoms with van der Waals surface area (Å²) in [6.07, 6.45) is 3.42. The van der Waals surface area contributed by atoms with E-state index in [1.165, 1.54) is 0 Å². The molecule has 1 aromatic rings. The molecule has 58 valence electrons. The zero-order chi connectivity index (χ0) is 8.10. The van der Waals surface area contributed by atoms with Gasteiger partial charge in [-0.25, -0.2) is 4.98 Å². The van der Waals surface area contributed by atoms with Crippen molar-refractivity contribution in [2.75, 3.05) is 12.4 Å². The Balaban J connectivity index is 2.66. The molecule has 0 spiro atoms. The van der Waals surface area contributed by atoms with Crippen LogP contribution in [0, 0.1) is 6.92 Å². The molecule has 1 rings (SSSR count). The first kappa shape index (κ1) is 7.72. The van der Waals surface area contributed by atoms with Crippen molar-refractivity contribution in [2.45, 2.75) is 6.92 Å². The number of anilines is 1. The van der Waals surface area contributed by atoms with Gasteiger partial charge in [0.15, 0.2) is 0 Å². The molecule has 0 saturated heterocycles. The predicted molar refractivity (Wildman–Crippen MR) is 47.0 cm³/mol. The maximum Gasteiger partial charge on any atom is 0.130 e. The fourth-order valence-electron chi connectivity index (χ4n) is 0.684. The van der Waals surface area contributed by atoms with Crippen molar-refractivity contribution >= 4 is 12.2 Å². The highest BCUT2D eigenvalue weighted by Crippen LogP contribution is 2.01. The molecular formula is C8H11N3. The second kappa shape index (κ2) is 3.71. The molecule has 0 aromatic carbocycles. The SMILES string of the molecule is CN=CNc1ccc(C)cn1. The van der Waals surface area contributed by atoms with E-state index in [-0.39, 0.29) is 0 Å². The molecule has 1 N–H and O–H groups in total. The smallest absolute Gasteiger partial charge is 0.130 e. The van der Waals surface area contributed by atoms with Gasteiger partial charge in [0.25, 0.3) is 0 Å². The highest BCUT2D eigenvalue weighted by atomic mass is 15.0. The fourth-order valence-corrected chi connectivity index (χ4v) is 0.684. The number of rotatable bonds is 2. The number of nitrogens with zero attached hydrogens (tertiary/aromatic N) is 2. The maximum atomic E-state index is 4.11. The second-order valence-corrected chi connectivity index (χ2v) is 2.25. The van der Waals surface area contributed by atoms with E-state index in [1.54, 1.807) is 13.4 Å². The van der Waals surface area contributed by atoms with Crippen LogP contribution in [0.4, 0.5) is 5.82 Å². The summed E-state index contributed by atoms with van der Waals surface area (Å²) >= 11 is 0. The molecule has 0 atom stereocenters. The summed E-state index contributed by atoms with van der Waals surface area (Å²) in [7, 11) is 1.71. The van der Waals surface area contributed by atoms with Crippen LogP contribution < -0.4 is 5.32 Å². The van der Waals surface area contributed by atoms with Crippen LogP contribution in [0.5, 0.6) is 0 Å². The van der Waals surface area contributed by atoms with Crippen LogP contribution in [0.2, 0.25) is 0 Å². The van der Waals surface area contributed by atoms with Crippen LogP contribution >= 0.6 is 0 Å². The van der Waals surface area contributed by atoms with Crippen molar-refractivity contribution in [3.8, 4) is 0 Å². The Labute approximate surface area is 66.2 Å². The van der Waals surface area contributed by atoms with Crippen molar-refractivity contribution in [1.29, 1.82) is 0 Å². The van der Waals surface area contributed by atoms with Crippen LogP contribution in [0.1, 0.15) is 5.56 Å². The second-order valence-electron chi connectivity index (χ2n) is 2.25. The molecule has 1 heterocycles. The quantitative estimate of drug-likeness (QED) is 0.510. The van der Waals surface area contributed by atoms with Crippen LogP contribution in [0.15, 0.2) is 23.3 Å². The fraction of sp³-hybridized carbons (Fsp3) is 0.250. The Hall–Kier alpha value is -1.38. The van der Waals surface area contributed by atoms with Gasteiger partial charge in [0.1, 0.15) is 5.82 Å². The highest BCUT2D eigenvalue weighted by molar-refractivity contribution is 5.73. The van der Waals surface area contributed by atoms with Crippen molar-refractivity contribution in [3.05, 3.63) is 23.9 Å². The molecule has 0 saturated carbocycles. The standard InChI is InChI=1S/C8H11N3/c1-7-3-4-8(10-5-7)11-6-9-2/h3-6H,1-2H3,(H,9,10,11). The molecule has 0 bridgehead atoms. The van der Waals surface area contributed by atoms with Crippen molar-refractivity contribution in [1.82, 2.24) is 4.98 Å². The first-order valence-electron chi connectivity index (χ1n) is 3.43. The first-order chi connectivity index (χ1) is 5.33. The molecule has 11 heavy (non-hydrogen) atoms. The van der Waals surface area contributed by atoms with Gasteiger partial charge in [-0.05, 0) is 18.6 Å². The number of aliphatic imine (C=N–C) groups is 1. The number of aryl methyl sites for hydroxylation is 1. The summed E-state index contributed by atoms with van der Waals surface area (Å²) in [5.74, 6) is 0.821. The number of nitrogens with one attached hydrogen (secondary N) is 1. The van der Waals surface area contributed by atoms with Crippen LogP contribution in [-0.2, 0) is 0 Å². The average Bonchev–Trinajstić information content (AvgIpc) is 2.04. The maximum absolute atomic E-state index is 4.11. The van der Waals surface area contributed by atoms with E-state index in [9.17, 15) is 0 Å². The third-order valence-electron chi connectivity index (χ3n) is 1.25. The van der Waals surface area contributed by atoms with E-state index in [1.807, 2.05) is 25.3 Å². The first-order valence-corrected chi connectivity index (χ1v) is 3.43. The monoisotopic (exact) mass is 149 g/mol. The van der Waals surface area contributed by atoms with E-state index < -0.39 is 0 Å². The number of hydrogen-bond donors (Lipinski definition) is 1. The summed E-state index contributed by atoms with van der Waals surface area (Å²) in [5.41, 5.74) is 1.16. The van der Waals surface area contributed by atoms with E-state index >= 15 is 0 Å². The molecule has 0 amide bonds. The van der Waals surface area contributed by atoms with Crippen LogP contribution in [0.25, 0.3) is 0 Å². The van der Waals surface area contributed by atoms with Crippen molar-refractivity contribution in [3.63, 3.8) is 0 Å². The van der Waals surface area contributed by atoms with E-state index in [4.69, 9.17) is 0 Å². The topological polar surface area (TPSA) is 37.3 Å². The Morgan fingerprint density at radius 1 is 1.55 bits per heavy atom. The molecule has 0 aliphatic heterocycles. The van der Waals surface area contributed by atoms with E-state index in [0.717, 1.165) is 11.4 Å². The normalized spacial score (nSPS) is 10.4. The molecule has 0 aliphatic carbocycles. The minimum atomic E-state index is 0.821. The summed E-state index contributed by atoms with van der Waals surface area (Å²) < 4.78 is 0. The summed E-state index contributed by atoms with van der Waals surface area (Å²) in [5, 5.41) is 2.92. The minimum Gasteiger partial charge on any atom is -0.331 e. The zero-order valence-corrected chi connectivity index (χ0v) is 6.70. The molecule has 0 radical (unpaired) electrons. The lowest BCUT2D eigenvalue weighted by Crippen LogP contribution is -1.96. The Bertz CT molecular complexity index is 238. The van der Waals surface area contributed by atoms with Gasteiger partial charge in [0, 0.05) is 13.2 Å². The highest BCUT2D eigenvalue weighted by Gasteiger charge is 1.87. The molecule has 3 nitrogen and oxygen atoms in total. The lowest BCUT2D eigenvalue weighted by Gasteiger charge is -1.97. The Kier molecular flexibility index (Phi) is 2.60. The predicted octanol–water partition coefficient (Wildman–Crippen LogP) is 1.46. The number of hydrogen-bond acceptors (Lipinski definition) is 2. The summed E-state index contributed by atoms with van der Waals surface area (Å²) in [6, 6.07) is 3.91. The lowest BCUT2D eigenvalue weighted by atomic mass is 10.3. The summed E-state index contributed by atoms with van der Waals surface area (Å²) in [4.78, 5) is 7.89. The van der Waals surface area contributed by atoms with Crippen LogP contribution in [0.3, 0.4) is 0 Å². The van der Waals surface area contributed by atoms with Gasteiger partial charge in [0.2, 0.25) is 0 Å². The van der Waals surface area contributed by atoms with Gasteiger partial charge in [-0.1, -0.05) is 6.07 Å². The number of pyridine rings is 1. The minimum absolute atomic E-state index is 0.821. The molecule has 3 heteroatoms. The third kappa shape index (κ3) is 2.37. The molecule has 1 aromatic heterocycles. The average molecular weight is 149 g/mol. The summed E-state index contributed by atoms with van der Waals surface area (Å²) in [6.45, 7) is 2.00.